The van der Waals surface area contributed by atoms with E-state index in [1.165, 1.54) is 0 Å². The topological polar surface area (TPSA) is 90.0 Å². The molecule has 3 aliphatic heterocycles. The molecular weight excluding hydrogens is 422 g/mol. The number of carbonyl (C=O) groups excluding carboxylic acids is 2. The minimum absolute atomic E-state index is 0.103. The van der Waals surface area contributed by atoms with Crippen LogP contribution in [0.3, 0.4) is 0 Å². The van der Waals surface area contributed by atoms with E-state index >= 15 is 0 Å². The van der Waals surface area contributed by atoms with E-state index in [1.807, 2.05) is 30.3 Å². The number of rotatable bonds is 3. The van der Waals surface area contributed by atoms with Crippen molar-refractivity contribution in [2.75, 3.05) is 31.8 Å². The van der Waals surface area contributed by atoms with E-state index in [1.54, 1.807) is 36.3 Å². The molecule has 1 N–H and O–H groups in total. The maximum Gasteiger partial charge on any atom is 0.252 e. The summed E-state index contributed by atoms with van der Waals surface area (Å²) in [7, 11) is 1.72. The SMILES string of the molecule is CN1C(=O)C2(COc3cc4c(cc32)OCCO4)c2c(C(=O)NCc3ccccn3)cccc21. The third-order valence-corrected chi connectivity index (χ3v) is 6.45. The van der Waals surface area contributed by atoms with Crippen molar-refractivity contribution in [2.45, 2.75) is 12.0 Å². The summed E-state index contributed by atoms with van der Waals surface area (Å²) < 4.78 is 17.5. The van der Waals surface area contributed by atoms with E-state index in [0.29, 0.717) is 52.8 Å². The van der Waals surface area contributed by atoms with Crippen LogP contribution in [-0.4, -0.2) is 43.7 Å². The molecule has 0 radical (unpaired) electrons. The van der Waals surface area contributed by atoms with Crippen molar-refractivity contribution < 1.29 is 23.8 Å². The van der Waals surface area contributed by atoms with Crippen LogP contribution >= 0.6 is 0 Å². The lowest BCUT2D eigenvalue weighted by molar-refractivity contribution is -0.121. The molecule has 1 atom stereocenters. The van der Waals surface area contributed by atoms with Crippen LogP contribution in [0.25, 0.3) is 0 Å². The molecule has 3 aliphatic rings. The molecule has 8 heteroatoms. The van der Waals surface area contributed by atoms with Crippen LogP contribution in [0.5, 0.6) is 17.2 Å². The van der Waals surface area contributed by atoms with Gasteiger partial charge in [-0.25, -0.2) is 0 Å². The van der Waals surface area contributed by atoms with E-state index in [0.717, 1.165) is 5.69 Å². The third kappa shape index (κ3) is 2.80. The summed E-state index contributed by atoms with van der Waals surface area (Å²) in [5.41, 5.74) is 2.08. The molecule has 6 rings (SSSR count). The van der Waals surface area contributed by atoms with Gasteiger partial charge in [-0.05, 0) is 30.3 Å². The van der Waals surface area contributed by atoms with E-state index in [2.05, 4.69) is 10.3 Å². The van der Waals surface area contributed by atoms with Crippen LogP contribution in [0.15, 0.2) is 54.7 Å². The Morgan fingerprint density at radius 2 is 1.88 bits per heavy atom. The summed E-state index contributed by atoms with van der Waals surface area (Å²) >= 11 is 0. The van der Waals surface area contributed by atoms with Crippen molar-refractivity contribution in [1.82, 2.24) is 10.3 Å². The lowest BCUT2D eigenvalue weighted by atomic mass is 9.75. The fraction of sp³-hybridized carbons (Fsp3) is 0.240. The minimum Gasteiger partial charge on any atom is -0.491 e. The molecule has 166 valence electrons. The van der Waals surface area contributed by atoms with Gasteiger partial charge >= 0.3 is 0 Å². The Labute approximate surface area is 190 Å². The number of aromatic nitrogens is 1. The Balaban J connectivity index is 1.46. The van der Waals surface area contributed by atoms with Gasteiger partial charge in [0, 0.05) is 41.7 Å². The van der Waals surface area contributed by atoms with E-state index in [-0.39, 0.29) is 25.0 Å². The fourth-order valence-electron chi connectivity index (χ4n) is 4.90. The van der Waals surface area contributed by atoms with Gasteiger partial charge in [-0.15, -0.1) is 0 Å². The molecule has 0 saturated heterocycles. The normalized spacial score (nSPS) is 19.8. The van der Waals surface area contributed by atoms with Gasteiger partial charge < -0.3 is 24.4 Å². The van der Waals surface area contributed by atoms with Gasteiger partial charge in [0.25, 0.3) is 5.91 Å². The number of hydrogen-bond acceptors (Lipinski definition) is 6. The van der Waals surface area contributed by atoms with Crippen molar-refractivity contribution in [3.8, 4) is 17.2 Å². The number of carbonyl (C=O) groups is 2. The molecule has 0 bridgehead atoms. The van der Waals surface area contributed by atoms with Crippen molar-refractivity contribution in [3.05, 3.63) is 77.1 Å². The highest BCUT2D eigenvalue weighted by atomic mass is 16.6. The van der Waals surface area contributed by atoms with Gasteiger partial charge in [0.05, 0.1) is 12.2 Å². The highest BCUT2D eigenvalue weighted by Gasteiger charge is 2.58. The monoisotopic (exact) mass is 443 g/mol. The van der Waals surface area contributed by atoms with Gasteiger partial charge in [-0.3, -0.25) is 14.6 Å². The fourth-order valence-corrected chi connectivity index (χ4v) is 4.90. The van der Waals surface area contributed by atoms with Crippen LogP contribution < -0.4 is 24.4 Å². The van der Waals surface area contributed by atoms with Crippen LogP contribution in [0.2, 0.25) is 0 Å². The molecule has 0 saturated carbocycles. The average Bonchev–Trinajstić information content (AvgIpc) is 3.33. The number of nitrogens with one attached hydrogen (secondary N) is 1. The zero-order valence-electron chi connectivity index (χ0n) is 18.0. The van der Waals surface area contributed by atoms with Crippen molar-refractivity contribution in [3.63, 3.8) is 0 Å². The molecule has 1 unspecified atom stereocenters. The van der Waals surface area contributed by atoms with Crippen LogP contribution in [0.4, 0.5) is 5.69 Å². The van der Waals surface area contributed by atoms with Gasteiger partial charge in [-0.1, -0.05) is 12.1 Å². The van der Waals surface area contributed by atoms with E-state index in [9.17, 15) is 9.59 Å². The van der Waals surface area contributed by atoms with E-state index in [4.69, 9.17) is 14.2 Å². The summed E-state index contributed by atoms with van der Waals surface area (Å²) in [5.74, 6) is 1.32. The Hall–Kier alpha value is -4.07. The number of fused-ring (bicyclic) bond motifs is 5. The maximum absolute atomic E-state index is 13.7. The second kappa shape index (κ2) is 7.23. The van der Waals surface area contributed by atoms with Gasteiger partial charge in [0.1, 0.15) is 31.0 Å². The van der Waals surface area contributed by atoms with Crippen molar-refractivity contribution >= 4 is 17.5 Å². The molecule has 0 aliphatic carbocycles. The lowest BCUT2D eigenvalue weighted by Crippen LogP contribution is -2.42. The molecule has 2 aromatic carbocycles. The number of likely N-dealkylation sites (N-methyl/N-ethyl adjacent to an activating group) is 1. The molecular formula is C25H21N3O5. The predicted molar refractivity (Wildman–Crippen MR) is 119 cm³/mol. The molecule has 1 aromatic heterocycles. The summed E-state index contributed by atoms with van der Waals surface area (Å²) in [6, 6.07) is 14.5. The standard InChI is InChI=1S/C25H21N3O5/c1-28-18-7-4-6-16(23(29)27-13-15-5-2-3-8-26-15)22(18)25(24(28)30)14-33-19-12-21-20(11-17(19)25)31-9-10-32-21/h2-8,11-12H,9-10,13-14H2,1H3,(H,27,29). The number of ether oxygens (including phenoxy) is 3. The van der Waals surface area contributed by atoms with Gasteiger partial charge in [0.2, 0.25) is 5.91 Å². The van der Waals surface area contributed by atoms with Crippen LogP contribution in [0, 0.1) is 0 Å². The summed E-state index contributed by atoms with van der Waals surface area (Å²) in [5, 5.41) is 2.94. The van der Waals surface area contributed by atoms with Gasteiger partial charge in [-0.2, -0.15) is 0 Å². The number of anilines is 1. The second-order valence-corrected chi connectivity index (χ2v) is 8.25. The average molecular weight is 443 g/mol. The first-order valence-corrected chi connectivity index (χ1v) is 10.8. The van der Waals surface area contributed by atoms with Crippen LogP contribution in [-0.2, 0) is 16.8 Å². The number of benzene rings is 2. The van der Waals surface area contributed by atoms with Gasteiger partial charge in [0.15, 0.2) is 11.5 Å². The number of hydrogen-bond donors (Lipinski definition) is 1. The summed E-state index contributed by atoms with van der Waals surface area (Å²) in [6.45, 7) is 1.28. The van der Waals surface area contributed by atoms with Crippen molar-refractivity contribution in [1.29, 1.82) is 0 Å². The smallest absolute Gasteiger partial charge is 0.252 e. The first-order chi connectivity index (χ1) is 16.1. The largest absolute Gasteiger partial charge is 0.491 e. The first kappa shape index (κ1) is 19.6. The zero-order chi connectivity index (χ0) is 22.6. The van der Waals surface area contributed by atoms with Crippen LogP contribution in [0.1, 0.15) is 27.2 Å². The number of amides is 2. The molecule has 1 spiro atoms. The minimum atomic E-state index is -1.13. The van der Waals surface area contributed by atoms with Crippen molar-refractivity contribution in [2.24, 2.45) is 0 Å². The lowest BCUT2D eigenvalue weighted by Gasteiger charge is -2.25. The molecule has 2 amide bonds. The Bertz CT molecular complexity index is 1290. The third-order valence-electron chi connectivity index (χ3n) is 6.45. The number of nitrogens with zero attached hydrogens (tertiary/aromatic N) is 2. The highest BCUT2D eigenvalue weighted by molar-refractivity contribution is 6.14. The summed E-state index contributed by atoms with van der Waals surface area (Å²) in [4.78, 5) is 32.9. The Morgan fingerprint density at radius 1 is 1.06 bits per heavy atom. The molecule has 4 heterocycles. The first-order valence-electron chi connectivity index (χ1n) is 10.8. The zero-order valence-corrected chi connectivity index (χ0v) is 18.0. The van der Waals surface area contributed by atoms with E-state index < -0.39 is 5.41 Å². The highest BCUT2D eigenvalue weighted by Crippen LogP contribution is 2.55. The molecule has 3 aromatic rings. The molecule has 0 fully saturated rings. The predicted octanol–water partition coefficient (Wildman–Crippen LogP) is 2.44. The molecule has 8 nitrogen and oxygen atoms in total. The quantitative estimate of drug-likeness (QED) is 0.669. The second-order valence-electron chi connectivity index (χ2n) is 8.25. The Kier molecular flexibility index (Phi) is 4.29. The summed E-state index contributed by atoms with van der Waals surface area (Å²) in [6.07, 6.45) is 1.68. The maximum atomic E-state index is 13.7. The molecule has 33 heavy (non-hydrogen) atoms. The Morgan fingerprint density at radius 3 is 2.67 bits per heavy atom. The number of pyridine rings is 1.